The van der Waals surface area contributed by atoms with Gasteiger partial charge in [-0.3, -0.25) is 9.48 Å². The number of para-hydroxylation sites is 1. The second-order valence-electron chi connectivity index (χ2n) is 3.36. The first-order valence-electron chi connectivity index (χ1n) is 4.91. The number of rotatable bonds is 4. The minimum atomic E-state index is -0.572. The van der Waals surface area contributed by atoms with Gasteiger partial charge in [-0.25, -0.2) is 9.37 Å². The summed E-state index contributed by atoms with van der Waals surface area (Å²) in [5.41, 5.74) is 0.173. The molecule has 0 N–H and O–H groups in total. The number of ether oxygens (including phenoxy) is 1. The van der Waals surface area contributed by atoms with Crippen LogP contribution in [-0.2, 0) is 13.7 Å². The number of nitrogens with zero attached hydrogens (tertiary/aromatic N) is 3. The Morgan fingerprint density at radius 3 is 3.00 bits per heavy atom. The number of benzene rings is 1. The molecule has 88 valence electrons. The SMILES string of the molecule is Cn1ncnc1COc1c(F)cccc1C=O. The molecule has 0 radical (unpaired) electrons. The highest BCUT2D eigenvalue weighted by atomic mass is 19.1. The van der Waals surface area contributed by atoms with Crippen LogP contribution in [0.5, 0.6) is 5.75 Å². The highest BCUT2D eigenvalue weighted by molar-refractivity contribution is 5.79. The minimum absolute atomic E-state index is 0.0538. The van der Waals surface area contributed by atoms with Gasteiger partial charge >= 0.3 is 0 Å². The summed E-state index contributed by atoms with van der Waals surface area (Å²) in [7, 11) is 1.70. The van der Waals surface area contributed by atoms with Gasteiger partial charge in [0.15, 0.2) is 23.7 Å². The van der Waals surface area contributed by atoms with Crippen LogP contribution in [0.3, 0.4) is 0 Å². The average Bonchev–Trinajstić information content (AvgIpc) is 2.73. The van der Waals surface area contributed by atoms with E-state index in [4.69, 9.17) is 4.74 Å². The van der Waals surface area contributed by atoms with E-state index in [-0.39, 0.29) is 17.9 Å². The zero-order valence-corrected chi connectivity index (χ0v) is 9.13. The minimum Gasteiger partial charge on any atom is -0.482 e. The molecule has 2 aromatic rings. The molecular weight excluding hydrogens is 225 g/mol. The number of hydrogen-bond donors (Lipinski definition) is 0. The Balaban J connectivity index is 2.19. The largest absolute Gasteiger partial charge is 0.482 e. The number of aldehydes is 1. The van der Waals surface area contributed by atoms with E-state index in [2.05, 4.69) is 10.1 Å². The first-order chi connectivity index (χ1) is 8.22. The van der Waals surface area contributed by atoms with Gasteiger partial charge in [-0.15, -0.1) is 0 Å². The van der Waals surface area contributed by atoms with Crippen LogP contribution in [0.25, 0.3) is 0 Å². The van der Waals surface area contributed by atoms with E-state index in [9.17, 15) is 9.18 Å². The molecular formula is C11H10FN3O2. The zero-order chi connectivity index (χ0) is 12.3. The van der Waals surface area contributed by atoms with Gasteiger partial charge in [-0.2, -0.15) is 5.10 Å². The quantitative estimate of drug-likeness (QED) is 0.750. The average molecular weight is 235 g/mol. The molecule has 0 saturated carbocycles. The van der Waals surface area contributed by atoms with Crippen molar-refractivity contribution in [1.29, 1.82) is 0 Å². The van der Waals surface area contributed by atoms with E-state index >= 15 is 0 Å². The maximum atomic E-state index is 13.4. The molecule has 2 rings (SSSR count). The van der Waals surface area contributed by atoms with Gasteiger partial charge in [0.1, 0.15) is 12.9 Å². The molecule has 0 amide bonds. The summed E-state index contributed by atoms with van der Waals surface area (Å²) in [4.78, 5) is 14.7. The van der Waals surface area contributed by atoms with E-state index < -0.39 is 5.82 Å². The van der Waals surface area contributed by atoms with Crippen molar-refractivity contribution in [3.8, 4) is 5.75 Å². The molecule has 0 aliphatic heterocycles. The Hall–Kier alpha value is -2.24. The molecule has 0 fully saturated rings. The number of hydrogen-bond acceptors (Lipinski definition) is 4. The molecule has 0 aliphatic carbocycles. The molecule has 0 spiro atoms. The van der Waals surface area contributed by atoms with Gasteiger partial charge in [0.25, 0.3) is 0 Å². The van der Waals surface area contributed by atoms with Gasteiger partial charge < -0.3 is 4.74 Å². The van der Waals surface area contributed by atoms with Crippen LogP contribution < -0.4 is 4.74 Å². The molecule has 1 aromatic heterocycles. The summed E-state index contributed by atoms with van der Waals surface area (Å²) < 4.78 is 20.2. The smallest absolute Gasteiger partial charge is 0.166 e. The number of halogens is 1. The lowest BCUT2D eigenvalue weighted by atomic mass is 10.2. The predicted octanol–water partition coefficient (Wildman–Crippen LogP) is 1.35. The molecule has 5 nitrogen and oxygen atoms in total. The van der Waals surface area contributed by atoms with Crippen LogP contribution >= 0.6 is 0 Å². The van der Waals surface area contributed by atoms with Crippen molar-refractivity contribution in [1.82, 2.24) is 14.8 Å². The fraction of sp³-hybridized carbons (Fsp3) is 0.182. The lowest BCUT2D eigenvalue weighted by Gasteiger charge is -2.08. The van der Waals surface area contributed by atoms with E-state index in [1.165, 1.54) is 29.2 Å². The van der Waals surface area contributed by atoms with Crippen LogP contribution in [0.1, 0.15) is 16.2 Å². The molecule has 0 bridgehead atoms. The maximum Gasteiger partial charge on any atom is 0.166 e. The lowest BCUT2D eigenvalue weighted by Crippen LogP contribution is -2.06. The number of aromatic nitrogens is 3. The fourth-order valence-corrected chi connectivity index (χ4v) is 1.36. The third-order valence-corrected chi connectivity index (χ3v) is 2.28. The van der Waals surface area contributed by atoms with Crippen LogP contribution in [0, 0.1) is 5.82 Å². The van der Waals surface area contributed by atoms with Gasteiger partial charge in [0, 0.05) is 7.05 Å². The Morgan fingerprint density at radius 2 is 2.35 bits per heavy atom. The molecule has 0 saturated heterocycles. The topological polar surface area (TPSA) is 57.0 Å². The molecule has 6 heteroatoms. The van der Waals surface area contributed by atoms with Crippen molar-refractivity contribution in [2.75, 3.05) is 0 Å². The van der Waals surface area contributed by atoms with Crippen LogP contribution in [0.2, 0.25) is 0 Å². The summed E-state index contributed by atoms with van der Waals surface area (Å²) >= 11 is 0. The van der Waals surface area contributed by atoms with Crippen LogP contribution in [0.15, 0.2) is 24.5 Å². The van der Waals surface area contributed by atoms with Crippen molar-refractivity contribution >= 4 is 6.29 Å². The van der Waals surface area contributed by atoms with E-state index in [0.717, 1.165) is 0 Å². The number of carbonyl (C=O) groups is 1. The summed E-state index contributed by atoms with van der Waals surface area (Å²) in [6.45, 7) is 0.0538. The third-order valence-electron chi connectivity index (χ3n) is 2.28. The van der Waals surface area contributed by atoms with Gasteiger partial charge in [-0.1, -0.05) is 6.07 Å². The van der Waals surface area contributed by atoms with Gasteiger partial charge in [0.05, 0.1) is 5.56 Å². The Morgan fingerprint density at radius 1 is 1.53 bits per heavy atom. The summed E-state index contributed by atoms with van der Waals surface area (Å²) in [5.74, 6) is -0.0904. The summed E-state index contributed by atoms with van der Waals surface area (Å²) in [6.07, 6.45) is 1.93. The Labute approximate surface area is 96.9 Å². The summed E-state index contributed by atoms with van der Waals surface area (Å²) in [6, 6.07) is 4.18. The lowest BCUT2D eigenvalue weighted by molar-refractivity contribution is 0.111. The van der Waals surface area contributed by atoms with Gasteiger partial charge in [0.2, 0.25) is 0 Å². The molecule has 17 heavy (non-hydrogen) atoms. The molecule has 0 unspecified atom stereocenters. The van der Waals surface area contributed by atoms with Crippen molar-refractivity contribution in [2.45, 2.75) is 6.61 Å². The highest BCUT2D eigenvalue weighted by Gasteiger charge is 2.10. The molecule has 1 aromatic carbocycles. The van der Waals surface area contributed by atoms with E-state index in [1.54, 1.807) is 7.05 Å². The van der Waals surface area contributed by atoms with Crippen molar-refractivity contribution < 1.29 is 13.9 Å². The molecule has 1 heterocycles. The third kappa shape index (κ3) is 2.30. The first-order valence-corrected chi connectivity index (χ1v) is 4.91. The van der Waals surface area contributed by atoms with Gasteiger partial charge in [-0.05, 0) is 12.1 Å². The second kappa shape index (κ2) is 4.73. The molecule has 0 aliphatic rings. The highest BCUT2D eigenvalue weighted by Crippen LogP contribution is 2.21. The van der Waals surface area contributed by atoms with E-state index in [1.807, 2.05) is 0 Å². The Kier molecular flexibility index (Phi) is 3.13. The van der Waals surface area contributed by atoms with E-state index in [0.29, 0.717) is 12.1 Å². The predicted molar refractivity (Wildman–Crippen MR) is 57.1 cm³/mol. The van der Waals surface area contributed by atoms with Crippen molar-refractivity contribution in [3.05, 3.63) is 41.7 Å². The molecule has 0 atom stereocenters. The maximum absolute atomic E-state index is 13.4. The Bertz CT molecular complexity index is 539. The van der Waals surface area contributed by atoms with Crippen LogP contribution in [-0.4, -0.2) is 21.1 Å². The first kappa shape index (κ1) is 11.3. The number of carbonyl (C=O) groups excluding carboxylic acids is 1. The van der Waals surface area contributed by atoms with Crippen molar-refractivity contribution in [2.24, 2.45) is 7.05 Å². The van der Waals surface area contributed by atoms with Crippen LogP contribution in [0.4, 0.5) is 4.39 Å². The fourth-order valence-electron chi connectivity index (χ4n) is 1.36. The standard InChI is InChI=1S/C11H10FN3O2/c1-15-10(13-7-14-15)6-17-11-8(5-16)3-2-4-9(11)12/h2-5,7H,6H2,1H3. The summed E-state index contributed by atoms with van der Waals surface area (Å²) in [5, 5.41) is 3.86. The number of aryl methyl sites for hydroxylation is 1. The normalized spacial score (nSPS) is 10.2. The monoisotopic (exact) mass is 235 g/mol. The zero-order valence-electron chi connectivity index (χ0n) is 9.13. The second-order valence-corrected chi connectivity index (χ2v) is 3.36. The van der Waals surface area contributed by atoms with Crippen molar-refractivity contribution in [3.63, 3.8) is 0 Å².